The molecule has 2 aliphatic rings. The molecule has 0 saturated carbocycles. The molecule has 1 fully saturated rings. The molecule has 0 amide bonds. The van der Waals surface area contributed by atoms with Crippen molar-refractivity contribution in [3.63, 3.8) is 0 Å². The molecule has 3 heteroatoms. The number of ether oxygens (including phenoxy) is 2. The highest BCUT2D eigenvalue weighted by atomic mass is 16.5. The summed E-state index contributed by atoms with van der Waals surface area (Å²) in [7, 11) is 1.73. The fourth-order valence-corrected chi connectivity index (χ4v) is 4.99. The molecule has 32 heavy (non-hydrogen) atoms. The normalized spacial score (nSPS) is 17.8. The Bertz CT molecular complexity index is 1080. The van der Waals surface area contributed by atoms with Crippen molar-refractivity contribution in [1.29, 1.82) is 0 Å². The number of hydrogen-bond donors (Lipinski definition) is 1. The maximum absolute atomic E-state index is 6.05. The Morgan fingerprint density at radius 2 is 1.69 bits per heavy atom. The number of nitrogens with one attached hydrogen (secondary N) is 1. The maximum Gasteiger partial charge on any atom is 0.119 e. The van der Waals surface area contributed by atoms with Gasteiger partial charge in [0.15, 0.2) is 0 Å². The number of fused-ring (bicyclic) bond motifs is 1. The van der Waals surface area contributed by atoms with E-state index in [1.807, 2.05) is 0 Å². The third kappa shape index (κ3) is 4.44. The molecule has 1 heterocycles. The topological polar surface area (TPSA) is 30.5 Å². The Labute approximate surface area is 191 Å². The molecule has 1 aliphatic carbocycles. The molecule has 0 bridgehead atoms. The summed E-state index contributed by atoms with van der Waals surface area (Å²) in [4.78, 5) is 0. The van der Waals surface area contributed by atoms with Crippen LogP contribution >= 0.6 is 0 Å². The fraction of sp³-hybridized carbons (Fsp3) is 0.310. The summed E-state index contributed by atoms with van der Waals surface area (Å²) < 4.78 is 11.5. The first kappa shape index (κ1) is 20.8. The summed E-state index contributed by atoms with van der Waals surface area (Å²) in [6, 6.07) is 26.5. The summed E-state index contributed by atoms with van der Waals surface area (Å²) in [5.74, 6) is 1.87. The van der Waals surface area contributed by atoms with E-state index < -0.39 is 0 Å². The van der Waals surface area contributed by atoms with Gasteiger partial charge in [0.1, 0.15) is 11.5 Å². The van der Waals surface area contributed by atoms with Gasteiger partial charge in [-0.2, -0.15) is 0 Å². The Morgan fingerprint density at radius 3 is 2.44 bits per heavy atom. The SMILES string of the molecule is COc1ccc2c(c1)CCC(c1ccccc1)=C2c1ccc(OCCC2CCCN2)cc1. The molecule has 0 spiro atoms. The molecule has 1 atom stereocenters. The van der Waals surface area contributed by atoms with Crippen LogP contribution in [0.25, 0.3) is 11.1 Å². The maximum atomic E-state index is 6.05. The first-order valence-corrected chi connectivity index (χ1v) is 11.7. The minimum absolute atomic E-state index is 0.614. The van der Waals surface area contributed by atoms with Crippen LogP contribution in [0, 0.1) is 0 Å². The Kier molecular flexibility index (Phi) is 6.27. The highest BCUT2D eigenvalue weighted by Crippen LogP contribution is 2.42. The molecule has 1 saturated heterocycles. The van der Waals surface area contributed by atoms with Gasteiger partial charge in [-0.15, -0.1) is 0 Å². The van der Waals surface area contributed by atoms with Crippen LogP contribution in [0.3, 0.4) is 0 Å². The van der Waals surface area contributed by atoms with Crippen LogP contribution in [0.2, 0.25) is 0 Å². The monoisotopic (exact) mass is 425 g/mol. The lowest BCUT2D eigenvalue weighted by molar-refractivity contribution is 0.292. The second-order valence-electron chi connectivity index (χ2n) is 8.70. The molecular weight excluding hydrogens is 394 g/mol. The van der Waals surface area contributed by atoms with Gasteiger partial charge in [-0.3, -0.25) is 0 Å². The van der Waals surface area contributed by atoms with Crippen LogP contribution in [0.15, 0.2) is 72.8 Å². The average Bonchev–Trinajstić information content (AvgIpc) is 3.37. The lowest BCUT2D eigenvalue weighted by Crippen LogP contribution is -2.23. The van der Waals surface area contributed by atoms with E-state index in [0.29, 0.717) is 6.04 Å². The van der Waals surface area contributed by atoms with E-state index in [4.69, 9.17) is 9.47 Å². The number of rotatable bonds is 7. The predicted molar refractivity (Wildman–Crippen MR) is 131 cm³/mol. The van der Waals surface area contributed by atoms with Gasteiger partial charge in [0.05, 0.1) is 13.7 Å². The van der Waals surface area contributed by atoms with Gasteiger partial charge >= 0.3 is 0 Å². The molecule has 3 aromatic carbocycles. The zero-order valence-corrected chi connectivity index (χ0v) is 18.8. The van der Waals surface area contributed by atoms with Crippen molar-refractivity contribution >= 4 is 11.1 Å². The summed E-state index contributed by atoms with van der Waals surface area (Å²) in [5, 5.41) is 3.54. The van der Waals surface area contributed by atoms with Crippen LogP contribution < -0.4 is 14.8 Å². The smallest absolute Gasteiger partial charge is 0.119 e. The number of hydrogen-bond acceptors (Lipinski definition) is 3. The molecule has 164 valence electrons. The minimum atomic E-state index is 0.614. The summed E-state index contributed by atoms with van der Waals surface area (Å²) in [5.41, 5.74) is 7.92. The molecule has 3 nitrogen and oxygen atoms in total. The van der Waals surface area contributed by atoms with Gasteiger partial charge in [0.25, 0.3) is 0 Å². The third-order valence-electron chi connectivity index (χ3n) is 6.69. The van der Waals surface area contributed by atoms with E-state index in [2.05, 4.69) is 78.1 Å². The van der Waals surface area contributed by atoms with Crippen LogP contribution in [-0.4, -0.2) is 26.3 Å². The number of aryl methyl sites for hydroxylation is 1. The molecule has 1 N–H and O–H groups in total. The molecule has 0 aromatic heterocycles. The molecule has 1 unspecified atom stereocenters. The van der Waals surface area contributed by atoms with E-state index in [0.717, 1.165) is 43.9 Å². The quantitative estimate of drug-likeness (QED) is 0.495. The van der Waals surface area contributed by atoms with Gasteiger partial charge in [-0.05, 0) is 96.3 Å². The summed E-state index contributed by atoms with van der Waals surface area (Å²) in [6.45, 7) is 1.91. The highest BCUT2D eigenvalue weighted by Gasteiger charge is 2.22. The summed E-state index contributed by atoms with van der Waals surface area (Å²) >= 11 is 0. The molecule has 0 radical (unpaired) electrons. The van der Waals surface area contributed by atoms with Crippen LogP contribution in [0.1, 0.15) is 47.9 Å². The van der Waals surface area contributed by atoms with Crippen LogP contribution in [-0.2, 0) is 6.42 Å². The Balaban J connectivity index is 1.44. The van der Waals surface area contributed by atoms with E-state index >= 15 is 0 Å². The van der Waals surface area contributed by atoms with Gasteiger partial charge in [0.2, 0.25) is 0 Å². The standard InChI is InChI=1S/C29H31NO2/c1-31-26-14-16-28-23(20-26)11-15-27(21-6-3-2-4-7-21)29(28)22-9-12-25(13-10-22)32-19-17-24-8-5-18-30-24/h2-4,6-7,9-10,12-14,16,20,24,30H,5,8,11,15,17-19H2,1H3. The second-order valence-corrected chi connectivity index (χ2v) is 8.70. The molecule has 1 aliphatic heterocycles. The molecule has 3 aromatic rings. The van der Waals surface area contributed by atoms with Crippen molar-refractivity contribution < 1.29 is 9.47 Å². The lowest BCUT2D eigenvalue weighted by Gasteiger charge is -2.25. The van der Waals surface area contributed by atoms with E-state index in [1.165, 1.54) is 46.2 Å². The summed E-state index contributed by atoms with van der Waals surface area (Å²) in [6.07, 6.45) is 5.66. The largest absolute Gasteiger partial charge is 0.497 e. The van der Waals surface area contributed by atoms with E-state index in [1.54, 1.807) is 7.11 Å². The molecule has 5 rings (SSSR count). The second kappa shape index (κ2) is 9.62. The van der Waals surface area contributed by atoms with Crippen molar-refractivity contribution in [3.05, 3.63) is 95.1 Å². The number of methoxy groups -OCH3 is 1. The van der Waals surface area contributed by atoms with Crippen molar-refractivity contribution in [2.75, 3.05) is 20.3 Å². The first-order valence-electron chi connectivity index (χ1n) is 11.7. The van der Waals surface area contributed by atoms with Crippen molar-refractivity contribution in [3.8, 4) is 11.5 Å². The van der Waals surface area contributed by atoms with Crippen molar-refractivity contribution in [2.45, 2.75) is 38.1 Å². The van der Waals surface area contributed by atoms with Gasteiger partial charge in [0, 0.05) is 6.04 Å². The van der Waals surface area contributed by atoms with Crippen molar-refractivity contribution in [1.82, 2.24) is 5.32 Å². The van der Waals surface area contributed by atoms with Crippen LogP contribution in [0.5, 0.6) is 11.5 Å². The Morgan fingerprint density at radius 1 is 0.875 bits per heavy atom. The predicted octanol–water partition coefficient (Wildman–Crippen LogP) is 6.12. The number of benzene rings is 3. The Hall–Kier alpha value is -3.04. The third-order valence-corrected chi connectivity index (χ3v) is 6.69. The van der Waals surface area contributed by atoms with Gasteiger partial charge in [-0.1, -0.05) is 48.5 Å². The molecular formula is C29H31NO2. The fourth-order valence-electron chi connectivity index (χ4n) is 4.99. The average molecular weight is 426 g/mol. The highest BCUT2D eigenvalue weighted by molar-refractivity contribution is 6.00. The van der Waals surface area contributed by atoms with Gasteiger partial charge in [-0.25, -0.2) is 0 Å². The lowest BCUT2D eigenvalue weighted by atomic mass is 9.79. The van der Waals surface area contributed by atoms with Crippen LogP contribution in [0.4, 0.5) is 0 Å². The minimum Gasteiger partial charge on any atom is -0.497 e. The zero-order chi connectivity index (χ0) is 21.8. The van der Waals surface area contributed by atoms with E-state index in [9.17, 15) is 0 Å². The zero-order valence-electron chi connectivity index (χ0n) is 18.8. The van der Waals surface area contributed by atoms with E-state index in [-0.39, 0.29) is 0 Å². The van der Waals surface area contributed by atoms with Gasteiger partial charge < -0.3 is 14.8 Å². The van der Waals surface area contributed by atoms with Crippen molar-refractivity contribution in [2.24, 2.45) is 0 Å². The number of allylic oxidation sites excluding steroid dienone is 1. The first-order chi connectivity index (χ1) is 15.8.